The maximum atomic E-state index is 9.39. The molecule has 0 radical (unpaired) electrons. The van der Waals surface area contributed by atoms with E-state index in [2.05, 4.69) is 6.07 Å². The van der Waals surface area contributed by atoms with Crippen LogP contribution in [0, 0.1) is 18.3 Å². The zero-order valence-electron chi connectivity index (χ0n) is 12.6. The Morgan fingerprint density at radius 2 is 1.87 bits per heavy atom. The van der Waals surface area contributed by atoms with Gasteiger partial charge in [-0.05, 0) is 42.8 Å². The summed E-state index contributed by atoms with van der Waals surface area (Å²) in [5.74, 6) is 1.36. The number of rotatable bonds is 3. The molecule has 0 saturated carbocycles. The van der Waals surface area contributed by atoms with Gasteiger partial charge in [-0.15, -0.1) is 0 Å². The lowest BCUT2D eigenvalue weighted by Crippen LogP contribution is -1.81. The van der Waals surface area contributed by atoms with Crippen LogP contribution in [0.2, 0.25) is 5.02 Å². The normalized spacial score (nSPS) is 11.3. The number of allylic oxidation sites excluding steroid dienone is 1. The van der Waals surface area contributed by atoms with Crippen molar-refractivity contribution in [1.82, 2.24) is 0 Å². The van der Waals surface area contributed by atoms with Gasteiger partial charge in [0.25, 0.3) is 0 Å². The van der Waals surface area contributed by atoms with E-state index in [1.165, 1.54) is 0 Å². The standard InChI is InChI=1S/C20H14ClNO/c1-14-5-7-15(8-6-14)17(13-22)12-19-9-10-20(23-19)16-3-2-4-18(21)11-16/h2-12H,1H3/b17-12-. The van der Waals surface area contributed by atoms with Crippen molar-refractivity contribution in [3.63, 3.8) is 0 Å². The largest absolute Gasteiger partial charge is 0.457 e. The number of hydrogen-bond donors (Lipinski definition) is 0. The van der Waals surface area contributed by atoms with Crippen molar-refractivity contribution in [2.24, 2.45) is 0 Å². The van der Waals surface area contributed by atoms with Gasteiger partial charge in [-0.3, -0.25) is 0 Å². The van der Waals surface area contributed by atoms with E-state index in [1.54, 1.807) is 6.08 Å². The molecule has 0 aliphatic carbocycles. The first-order chi connectivity index (χ1) is 11.2. The molecule has 0 atom stereocenters. The summed E-state index contributed by atoms with van der Waals surface area (Å²) in [6.45, 7) is 2.02. The lowest BCUT2D eigenvalue weighted by atomic mass is 10.0. The molecule has 0 amide bonds. The first-order valence-electron chi connectivity index (χ1n) is 7.20. The van der Waals surface area contributed by atoms with Crippen LogP contribution < -0.4 is 0 Å². The van der Waals surface area contributed by atoms with Gasteiger partial charge in [0, 0.05) is 10.6 Å². The second-order valence-corrected chi connectivity index (χ2v) is 5.68. The van der Waals surface area contributed by atoms with Crippen LogP contribution in [0.15, 0.2) is 65.1 Å². The minimum atomic E-state index is 0.567. The SMILES string of the molecule is Cc1ccc(/C(C#N)=C\c2ccc(-c3cccc(Cl)c3)o2)cc1. The van der Waals surface area contributed by atoms with Gasteiger partial charge in [-0.1, -0.05) is 53.6 Å². The molecule has 112 valence electrons. The van der Waals surface area contributed by atoms with Crippen LogP contribution in [0.4, 0.5) is 0 Å². The number of furan rings is 1. The van der Waals surface area contributed by atoms with Crippen LogP contribution in [-0.2, 0) is 0 Å². The van der Waals surface area contributed by atoms with E-state index >= 15 is 0 Å². The van der Waals surface area contributed by atoms with E-state index in [0.29, 0.717) is 16.4 Å². The van der Waals surface area contributed by atoms with Crippen molar-refractivity contribution < 1.29 is 4.42 Å². The minimum Gasteiger partial charge on any atom is -0.457 e. The molecule has 0 aliphatic rings. The Labute approximate surface area is 140 Å². The van der Waals surface area contributed by atoms with Gasteiger partial charge in [0.05, 0.1) is 11.6 Å². The first kappa shape index (κ1) is 15.1. The Morgan fingerprint density at radius 3 is 2.57 bits per heavy atom. The highest BCUT2D eigenvalue weighted by Crippen LogP contribution is 2.27. The van der Waals surface area contributed by atoms with Crippen LogP contribution in [0.25, 0.3) is 23.0 Å². The smallest absolute Gasteiger partial charge is 0.134 e. The van der Waals surface area contributed by atoms with Crippen molar-refractivity contribution in [2.45, 2.75) is 6.92 Å². The molecule has 2 nitrogen and oxygen atoms in total. The number of aryl methyl sites for hydroxylation is 1. The lowest BCUT2D eigenvalue weighted by Gasteiger charge is -2.00. The molecule has 3 heteroatoms. The quantitative estimate of drug-likeness (QED) is 0.557. The van der Waals surface area contributed by atoms with Crippen LogP contribution >= 0.6 is 11.6 Å². The molecule has 3 rings (SSSR count). The van der Waals surface area contributed by atoms with E-state index in [4.69, 9.17) is 16.0 Å². The zero-order valence-corrected chi connectivity index (χ0v) is 13.3. The zero-order chi connectivity index (χ0) is 16.2. The van der Waals surface area contributed by atoms with Gasteiger partial charge in [0.1, 0.15) is 11.5 Å². The molecule has 0 fully saturated rings. The van der Waals surface area contributed by atoms with Gasteiger partial charge in [0.15, 0.2) is 0 Å². The molecule has 1 aromatic heterocycles. The molecule has 0 N–H and O–H groups in total. The number of nitriles is 1. The Bertz CT molecular complexity index is 898. The Kier molecular flexibility index (Phi) is 4.32. The third-order valence-electron chi connectivity index (χ3n) is 3.51. The first-order valence-corrected chi connectivity index (χ1v) is 7.58. The molecule has 0 saturated heterocycles. The maximum absolute atomic E-state index is 9.39. The third kappa shape index (κ3) is 3.53. The van der Waals surface area contributed by atoms with Crippen molar-refractivity contribution in [1.29, 1.82) is 5.26 Å². The summed E-state index contributed by atoms with van der Waals surface area (Å²) in [6, 6.07) is 21.3. The fourth-order valence-electron chi connectivity index (χ4n) is 2.28. The summed E-state index contributed by atoms with van der Waals surface area (Å²) in [4.78, 5) is 0. The van der Waals surface area contributed by atoms with Crippen molar-refractivity contribution >= 4 is 23.3 Å². The summed E-state index contributed by atoms with van der Waals surface area (Å²) in [5, 5.41) is 10.1. The molecular weight excluding hydrogens is 306 g/mol. The third-order valence-corrected chi connectivity index (χ3v) is 3.74. The predicted octanol–water partition coefficient (Wildman–Crippen LogP) is 5.97. The second-order valence-electron chi connectivity index (χ2n) is 5.25. The molecule has 23 heavy (non-hydrogen) atoms. The molecule has 0 aliphatic heterocycles. The number of nitrogens with zero attached hydrogens (tertiary/aromatic N) is 1. The van der Waals surface area contributed by atoms with Gasteiger partial charge in [-0.2, -0.15) is 5.26 Å². The van der Waals surface area contributed by atoms with Gasteiger partial charge >= 0.3 is 0 Å². The van der Waals surface area contributed by atoms with E-state index in [9.17, 15) is 5.26 Å². The maximum Gasteiger partial charge on any atom is 0.134 e. The van der Waals surface area contributed by atoms with Gasteiger partial charge < -0.3 is 4.42 Å². The van der Waals surface area contributed by atoms with Crippen molar-refractivity contribution in [3.8, 4) is 17.4 Å². The Morgan fingerprint density at radius 1 is 1.09 bits per heavy atom. The van der Waals surface area contributed by atoms with E-state index < -0.39 is 0 Å². The average Bonchev–Trinajstić information content (AvgIpc) is 3.02. The van der Waals surface area contributed by atoms with Crippen molar-refractivity contribution in [3.05, 3.63) is 82.6 Å². The Hall–Kier alpha value is -2.76. The highest BCUT2D eigenvalue weighted by atomic mass is 35.5. The van der Waals surface area contributed by atoms with Crippen LogP contribution in [0.3, 0.4) is 0 Å². The highest BCUT2D eigenvalue weighted by molar-refractivity contribution is 6.30. The second kappa shape index (κ2) is 6.56. The number of halogens is 1. The number of benzene rings is 2. The minimum absolute atomic E-state index is 0.567. The summed E-state index contributed by atoms with van der Waals surface area (Å²) in [6.07, 6.45) is 1.75. The summed E-state index contributed by atoms with van der Waals surface area (Å²) >= 11 is 6.00. The summed E-state index contributed by atoms with van der Waals surface area (Å²) < 4.78 is 5.82. The topological polar surface area (TPSA) is 36.9 Å². The number of hydrogen-bond acceptors (Lipinski definition) is 2. The Balaban J connectivity index is 1.93. The van der Waals surface area contributed by atoms with Crippen LogP contribution in [-0.4, -0.2) is 0 Å². The monoisotopic (exact) mass is 319 g/mol. The van der Waals surface area contributed by atoms with E-state index in [1.807, 2.05) is 67.6 Å². The van der Waals surface area contributed by atoms with Gasteiger partial charge in [-0.25, -0.2) is 0 Å². The fraction of sp³-hybridized carbons (Fsp3) is 0.0500. The van der Waals surface area contributed by atoms with Gasteiger partial charge in [0.2, 0.25) is 0 Å². The molecule has 3 aromatic rings. The molecule has 1 heterocycles. The lowest BCUT2D eigenvalue weighted by molar-refractivity contribution is 0.572. The van der Waals surface area contributed by atoms with E-state index in [0.717, 1.165) is 22.5 Å². The predicted molar refractivity (Wildman–Crippen MR) is 93.8 cm³/mol. The average molecular weight is 320 g/mol. The highest BCUT2D eigenvalue weighted by Gasteiger charge is 2.06. The van der Waals surface area contributed by atoms with Crippen LogP contribution in [0.5, 0.6) is 0 Å². The molecule has 2 aromatic carbocycles. The molecular formula is C20H14ClNO. The molecule has 0 unspecified atom stereocenters. The summed E-state index contributed by atoms with van der Waals surface area (Å²) in [5.41, 5.74) is 3.51. The molecule has 0 bridgehead atoms. The molecule has 0 spiro atoms. The van der Waals surface area contributed by atoms with Crippen molar-refractivity contribution in [2.75, 3.05) is 0 Å². The van der Waals surface area contributed by atoms with E-state index in [-0.39, 0.29) is 0 Å². The van der Waals surface area contributed by atoms with Crippen LogP contribution in [0.1, 0.15) is 16.9 Å². The fourth-order valence-corrected chi connectivity index (χ4v) is 2.47. The summed E-state index contributed by atoms with van der Waals surface area (Å²) in [7, 11) is 0.